The van der Waals surface area contributed by atoms with Crippen LogP contribution in [0.15, 0.2) is 35.3 Å². The predicted octanol–water partition coefficient (Wildman–Crippen LogP) is 3.33. The Morgan fingerprint density at radius 2 is 2.00 bits per heavy atom. The van der Waals surface area contributed by atoms with E-state index in [1.54, 1.807) is 19.1 Å². The highest BCUT2D eigenvalue weighted by molar-refractivity contribution is 6.40. The van der Waals surface area contributed by atoms with Crippen LogP contribution in [0.3, 0.4) is 0 Å². The summed E-state index contributed by atoms with van der Waals surface area (Å²) < 4.78 is 11.4. The largest absolute Gasteiger partial charge is 0.495 e. The highest BCUT2D eigenvalue weighted by Gasteiger charge is 2.23. The van der Waals surface area contributed by atoms with E-state index in [2.05, 4.69) is 0 Å². The Morgan fingerprint density at radius 3 is 2.59 bits per heavy atom. The van der Waals surface area contributed by atoms with E-state index in [4.69, 9.17) is 32.7 Å². The Kier molecular flexibility index (Phi) is 5.11. The predicted molar refractivity (Wildman–Crippen MR) is 84.6 cm³/mol. The lowest BCUT2D eigenvalue weighted by Gasteiger charge is -2.15. The Bertz CT molecular complexity index is 771. The fourth-order valence-electron chi connectivity index (χ4n) is 1.93. The average Bonchev–Trinajstić information content (AvgIpc) is 2.49. The lowest BCUT2D eigenvalue weighted by atomic mass is 10.1. The van der Waals surface area contributed by atoms with Gasteiger partial charge in [0.15, 0.2) is 0 Å². The second kappa shape index (κ2) is 6.85. The molecule has 0 fully saturated rings. The first-order valence-corrected chi connectivity index (χ1v) is 7.18. The van der Waals surface area contributed by atoms with E-state index in [1.165, 1.54) is 30.0 Å². The number of methoxy groups -OCH3 is 1. The van der Waals surface area contributed by atoms with Gasteiger partial charge >= 0.3 is 5.97 Å². The van der Waals surface area contributed by atoms with Crippen molar-refractivity contribution in [2.24, 2.45) is 0 Å². The summed E-state index contributed by atoms with van der Waals surface area (Å²) in [7, 11) is 1.40. The number of aromatic nitrogens is 1. The monoisotopic (exact) mass is 341 g/mol. The minimum absolute atomic E-state index is 0.0255. The molecule has 2 rings (SSSR count). The molecule has 22 heavy (non-hydrogen) atoms. The fraction of sp³-hybridized carbons (Fsp3) is 0.200. The first-order valence-electron chi connectivity index (χ1n) is 6.42. The standard InChI is InChI=1S/C15H13Cl2NO4/c1-3-22-15(20)9-8-10(21-2)13(17)14(12(9)16)18-7-5-4-6-11(18)19/h4-8H,3H2,1-2H3. The summed E-state index contributed by atoms with van der Waals surface area (Å²) in [5.41, 5.74) is -0.0822. The molecule has 0 aliphatic rings. The highest BCUT2D eigenvalue weighted by atomic mass is 35.5. The zero-order chi connectivity index (χ0) is 16.3. The van der Waals surface area contributed by atoms with Gasteiger partial charge in [-0.3, -0.25) is 9.36 Å². The molecule has 1 aromatic heterocycles. The van der Waals surface area contributed by atoms with E-state index < -0.39 is 5.97 Å². The molecule has 2 aromatic rings. The second-order valence-electron chi connectivity index (χ2n) is 4.23. The molecular weight excluding hydrogens is 329 g/mol. The van der Waals surface area contributed by atoms with Crippen LogP contribution < -0.4 is 10.3 Å². The molecule has 0 saturated heterocycles. The van der Waals surface area contributed by atoms with Crippen molar-refractivity contribution in [1.29, 1.82) is 0 Å². The Balaban J connectivity index is 2.78. The van der Waals surface area contributed by atoms with Gasteiger partial charge in [-0.25, -0.2) is 4.79 Å². The normalized spacial score (nSPS) is 10.4. The first kappa shape index (κ1) is 16.4. The zero-order valence-corrected chi connectivity index (χ0v) is 13.4. The molecule has 0 N–H and O–H groups in total. The van der Waals surface area contributed by atoms with E-state index >= 15 is 0 Å². The smallest absolute Gasteiger partial charge is 0.339 e. The van der Waals surface area contributed by atoms with Crippen molar-refractivity contribution < 1.29 is 14.3 Å². The lowest BCUT2D eigenvalue weighted by Crippen LogP contribution is -2.18. The molecule has 0 aliphatic heterocycles. The van der Waals surface area contributed by atoms with Crippen molar-refractivity contribution >= 4 is 29.2 Å². The summed E-state index contributed by atoms with van der Waals surface area (Å²) in [5.74, 6) is -0.396. The summed E-state index contributed by atoms with van der Waals surface area (Å²) >= 11 is 12.5. The summed E-state index contributed by atoms with van der Waals surface area (Å²) in [6.07, 6.45) is 1.50. The summed E-state index contributed by atoms with van der Waals surface area (Å²) in [6.45, 7) is 1.88. The Morgan fingerprint density at radius 1 is 1.27 bits per heavy atom. The van der Waals surface area contributed by atoms with Crippen molar-refractivity contribution in [2.45, 2.75) is 6.92 Å². The molecule has 116 valence electrons. The Hall–Kier alpha value is -1.98. The van der Waals surface area contributed by atoms with Crippen molar-refractivity contribution in [2.75, 3.05) is 13.7 Å². The van der Waals surface area contributed by atoms with Crippen LogP contribution in [-0.2, 0) is 4.74 Å². The molecule has 1 heterocycles. The molecule has 0 atom stereocenters. The minimum Gasteiger partial charge on any atom is -0.495 e. The minimum atomic E-state index is -0.618. The maximum atomic E-state index is 12.0. The number of halogens is 2. The number of hydrogen-bond acceptors (Lipinski definition) is 4. The maximum absolute atomic E-state index is 12.0. The third kappa shape index (κ3) is 2.96. The topological polar surface area (TPSA) is 57.5 Å². The second-order valence-corrected chi connectivity index (χ2v) is 4.99. The number of pyridine rings is 1. The van der Waals surface area contributed by atoms with Gasteiger partial charge in [0.1, 0.15) is 10.8 Å². The maximum Gasteiger partial charge on any atom is 0.339 e. The van der Waals surface area contributed by atoms with E-state index in [1.807, 2.05) is 0 Å². The fourth-order valence-corrected chi connectivity index (χ4v) is 2.61. The number of hydrogen-bond donors (Lipinski definition) is 0. The molecule has 7 heteroatoms. The van der Waals surface area contributed by atoms with Gasteiger partial charge in [-0.15, -0.1) is 0 Å². The van der Waals surface area contributed by atoms with Crippen molar-refractivity contribution in [3.8, 4) is 11.4 Å². The van der Waals surface area contributed by atoms with Crippen LogP contribution in [-0.4, -0.2) is 24.3 Å². The van der Waals surface area contributed by atoms with Gasteiger partial charge in [-0.05, 0) is 19.1 Å². The van der Waals surface area contributed by atoms with Gasteiger partial charge in [-0.2, -0.15) is 0 Å². The number of benzene rings is 1. The van der Waals surface area contributed by atoms with Crippen LogP contribution in [0.4, 0.5) is 0 Å². The number of ether oxygens (including phenoxy) is 2. The third-order valence-electron chi connectivity index (χ3n) is 2.92. The van der Waals surface area contributed by atoms with Gasteiger partial charge < -0.3 is 9.47 Å². The molecule has 0 radical (unpaired) electrons. The van der Waals surface area contributed by atoms with Gasteiger partial charge in [0, 0.05) is 12.3 Å². The van der Waals surface area contributed by atoms with Crippen LogP contribution in [0.2, 0.25) is 10.0 Å². The van der Waals surface area contributed by atoms with Crippen LogP contribution in [0.1, 0.15) is 17.3 Å². The molecule has 0 spiro atoms. The molecule has 0 saturated carbocycles. The van der Waals surface area contributed by atoms with Crippen LogP contribution in [0.5, 0.6) is 5.75 Å². The van der Waals surface area contributed by atoms with Crippen molar-refractivity contribution in [1.82, 2.24) is 4.57 Å². The van der Waals surface area contributed by atoms with E-state index in [0.717, 1.165) is 0 Å². The number of carbonyl (C=O) groups is 1. The van der Waals surface area contributed by atoms with Crippen molar-refractivity contribution in [3.63, 3.8) is 0 Å². The van der Waals surface area contributed by atoms with Gasteiger partial charge in [0.2, 0.25) is 0 Å². The molecule has 0 unspecified atom stereocenters. The van der Waals surface area contributed by atoms with Gasteiger partial charge in [0.25, 0.3) is 5.56 Å². The SMILES string of the molecule is CCOC(=O)c1cc(OC)c(Cl)c(-n2ccccc2=O)c1Cl. The third-order valence-corrected chi connectivity index (χ3v) is 3.67. The Labute approximate surface area is 137 Å². The molecule has 0 bridgehead atoms. The van der Waals surface area contributed by atoms with E-state index in [-0.39, 0.29) is 39.2 Å². The number of nitrogens with zero attached hydrogens (tertiary/aromatic N) is 1. The summed E-state index contributed by atoms with van der Waals surface area (Å²) in [4.78, 5) is 24.0. The quantitative estimate of drug-likeness (QED) is 0.800. The number of rotatable bonds is 4. The first-order chi connectivity index (χ1) is 10.5. The lowest BCUT2D eigenvalue weighted by molar-refractivity contribution is 0.0526. The summed E-state index contributed by atoms with van der Waals surface area (Å²) in [6, 6.07) is 5.99. The highest BCUT2D eigenvalue weighted by Crippen LogP contribution is 2.38. The summed E-state index contributed by atoms with van der Waals surface area (Å²) in [5, 5.41) is 0.159. The average molecular weight is 342 g/mol. The van der Waals surface area contributed by atoms with Gasteiger partial charge in [0.05, 0.1) is 30.0 Å². The van der Waals surface area contributed by atoms with Crippen molar-refractivity contribution in [3.05, 3.63) is 56.4 Å². The van der Waals surface area contributed by atoms with Crippen LogP contribution in [0, 0.1) is 0 Å². The molecule has 0 aliphatic carbocycles. The molecular formula is C15H13Cl2NO4. The molecule has 5 nitrogen and oxygen atoms in total. The van der Waals surface area contributed by atoms with Crippen LogP contribution >= 0.6 is 23.2 Å². The van der Waals surface area contributed by atoms with E-state index in [0.29, 0.717) is 0 Å². The number of carbonyl (C=O) groups excluding carboxylic acids is 1. The zero-order valence-electron chi connectivity index (χ0n) is 11.9. The molecule has 0 amide bonds. The number of esters is 1. The van der Waals surface area contributed by atoms with Crippen LogP contribution in [0.25, 0.3) is 5.69 Å². The van der Waals surface area contributed by atoms with Gasteiger partial charge in [-0.1, -0.05) is 29.3 Å². The van der Waals surface area contributed by atoms with E-state index in [9.17, 15) is 9.59 Å². The molecule has 1 aromatic carbocycles.